The fourth-order valence-electron chi connectivity index (χ4n) is 10.1. The molecule has 2 saturated heterocycles. The van der Waals surface area contributed by atoms with Crippen LogP contribution in [-0.2, 0) is 14.3 Å². The van der Waals surface area contributed by atoms with Crippen molar-refractivity contribution in [2.75, 3.05) is 55.5 Å². The average molecular weight is 1030 g/mol. The number of methoxy groups -OCH3 is 1. The fourth-order valence-corrected chi connectivity index (χ4v) is 10.1. The predicted molar refractivity (Wildman–Crippen MR) is 290 cm³/mol. The third kappa shape index (κ3) is 10.5. The van der Waals surface area contributed by atoms with Gasteiger partial charge in [0.1, 0.15) is 63.1 Å². The highest BCUT2D eigenvalue weighted by Gasteiger charge is 2.39. The van der Waals surface area contributed by atoms with Gasteiger partial charge in [-0.15, -0.1) is 0 Å². The Labute approximate surface area is 443 Å². The van der Waals surface area contributed by atoms with Crippen LogP contribution < -0.4 is 26.8 Å². The number of carbonyl (C=O) groups excluding carboxylic acids is 4. The van der Waals surface area contributed by atoms with Crippen molar-refractivity contribution >= 4 is 57.9 Å². The molecule has 20 nitrogen and oxygen atoms in total. The Bertz CT molecular complexity index is 3640. The zero-order valence-electron chi connectivity index (χ0n) is 42.9. The maximum atomic E-state index is 14.0. The van der Waals surface area contributed by atoms with Crippen LogP contribution in [0, 0.1) is 17.8 Å². The number of nitrogens with two attached hydrogens (primary N) is 2. The third-order valence-electron chi connectivity index (χ3n) is 13.8. The van der Waals surface area contributed by atoms with Crippen molar-refractivity contribution in [1.29, 1.82) is 0 Å². The van der Waals surface area contributed by atoms with Gasteiger partial charge in [0.05, 0.1) is 38.0 Å². The molecular formula is C57H56N14O6. The summed E-state index contributed by atoms with van der Waals surface area (Å²) in [7, 11) is 1.49. The van der Waals surface area contributed by atoms with Crippen molar-refractivity contribution in [3.63, 3.8) is 0 Å². The molecule has 1 unspecified atom stereocenters. The molecule has 2 fully saturated rings. The molecule has 8 heterocycles. The van der Waals surface area contributed by atoms with Crippen molar-refractivity contribution in [1.82, 2.24) is 48.5 Å². The largest absolute Gasteiger partial charge is 0.496 e. The van der Waals surface area contributed by atoms with E-state index in [1.807, 2.05) is 33.1 Å². The Balaban J connectivity index is 0.815. The molecule has 6 N–H and O–H groups in total. The first-order chi connectivity index (χ1) is 37.4. The summed E-state index contributed by atoms with van der Waals surface area (Å²) in [5.74, 6) is 7.31. The van der Waals surface area contributed by atoms with Crippen molar-refractivity contribution in [2.45, 2.75) is 58.0 Å². The number of benzene rings is 2. The Hall–Kier alpha value is -9.48. The van der Waals surface area contributed by atoms with Crippen LogP contribution in [0.1, 0.15) is 96.0 Å². The summed E-state index contributed by atoms with van der Waals surface area (Å²) in [6.07, 6.45) is 15.2. The van der Waals surface area contributed by atoms with Crippen LogP contribution in [0.15, 0.2) is 122 Å². The van der Waals surface area contributed by atoms with E-state index in [9.17, 15) is 19.2 Å². The van der Waals surface area contributed by atoms with Gasteiger partial charge in [0.2, 0.25) is 5.91 Å². The number of nitrogens with zero attached hydrogens (tertiary/aromatic N) is 10. The quantitative estimate of drug-likeness (QED) is 0.0440. The molecule has 3 atom stereocenters. The second-order valence-electron chi connectivity index (χ2n) is 19.0. The molecule has 2 aliphatic rings. The normalized spacial score (nSPS) is 16.3. The molecule has 0 aliphatic carbocycles. The molecule has 2 aliphatic heterocycles. The number of pyridine rings is 2. The highest BCUT2D eigenvalue weighted by atomic mass is 16.5. The van der Waals surface area contributed by atoms with E-state index in [-0.39, 0.29) is 59.7 Å². The number of ether oxygens (including phenoxy) is 2. The van der Waals surface area contributed by atoms with Crippen LogP contribution in [0.3, 0.4) is 0 Å². The number of aromatic nitrogens is 8. The lowest BCUT2D eigenvalue weighted by Gasteiger charge is -2.22. The monoisotopic (exact) mass is 1030 g/mol. The highest BCUT2D eigenvalue weighted by molar-refractivity contribution is 6.06. The van der Waals surface area contributed by atoms with Gasteiger partial charge in [0.15, 0.2) is 0 Å². The van der Waals surface area contributed by atoms with E-state index in [4.69, 9.17) is 30.9 Å². The van der Waals surface area contributed by atoms with Crippen molar-refractivity contribution < 1.29 is 28.7 Å². The number of hydrogen-bond acceptors (Lipinski definition) is 14. The Morgan fingerprint density at radius 1 is 0.779 bits per heavy atom. The van der Waals surface area contributed by atoms with Gasteiger partial charge in [-0.3, -0.25) is 28.0 Å². The second kappa shape index (κ2) is 22.2. The van der Waals surface area contributed by atoms with Crippen LogP contribution in [0.2, 0.25) is 0 Å². The van der Waals surface area contributed by atoms with Gasteiger partial charge >= 0.3 is 0 Å². The summed E-state index contributed by atoms with van der Waals surface area (Å²) < 4.78 is 15.6. The first-order valence-corrected chi connectivity index (χ1v) is 25.2. The second-order valence-corrected chi connectivity index (χ2v) is 19.0. The van der Waals surface area contributed by atoms with E-state index in [2.05, 4.69) is 56.3 Å². The van der Waals surface area contributed by atoms with Gasteiger partial charge in [-0.1, -0.05) is 50.1 Å². The molecule has 0 spiro atoms. The van der Waals surface area contributed by atoms with E-state index in [0.29, 0.717) is 106 Å². The number of nitrogens with one attached hydrogen (secondary N) is 2. The minimum absolute atomic E-state index is 0.0945. The molecule has 2 aromatic carbocycles. The Kier molecular flexibility index (Phi) is 14.7. The molecule has 20 heteroatoms. The summed E-state index contributed by atoms with van der Waals surface area (Å²) in [6.45, 7) is 7.10. The minimum Gasteiger partial charge on any atom is -0.496 e. The van der Waals surface area contributed by atoms with Crippen LogP contribution in [0.25, 0.3) is 33.5 Å². The van der Waals surface area contributed by atoms with Gasteiger partial charge in [0, 0.05) is 79.0 Å². The van der Waals surface area contributed by atoms with E-state index < -0.39 is 6.04 Å². The topological polar surface area (TPSA) is 255 Å². The lowest BCUT2D eigenvalue weighted by atomic mass is 10.1. The molecule has 77 heavy (non-hydrogen) atoms. The Morgan fingerprint density at radius 3 is 2.16 bits per heavy atom. The van der Waals surface area contributed by atoms with Gasteiger partial charge in [-0.25, -0.2) is 29.9 Å². The van der Waals surface area contributed by atoms with Gasteiger partial charge in [-0.05, 0) is 92.1 Å². The van der Waals surface area contributed by atoms with Crippen LogP contribution in [0.5, 0.6) is 5.75 Å². The molecule has 4 amide bonds. The van der Waals surface area contributed by atoms with E-state index in [0.717, 1.165) is 12.0 Å². The average Bonchev–Trinajstić information content (AvgIpc) is 4.44. The third-order valence-corrected chi connectivity index (χ3v) is 13.8. The molecule has 10 rings (SSSR count). The highest BCUT2D eigenvalue weighted by Crippen LogP contribution is 2.40. The molecule has 0 saturated carbocycles. The van der Waals surface area contributed by atoms with Crippen molar-refractivity contribution in [3.05, 3.63) is 150 Å². The van der Waals surface area contributed by atoms with E-state index in [1.165, 1.54) is 13.2 Å². The molecule has 390 valence electrons. The molecule has 8 aromatic rings. The fraction of sp³-hybridized carbons (Fsp3) is 0.263. The van der Waals surface area contributed by atoms with Crippen LogP contribution in [-0.4, -0.2) is 106 Å². The molecule has 0 bridgehead atoms. The molecule has 0 radical (unpaired) electrons. The number of nitrogen functional groups attached to an aromatic ring is 2. The number of hydrogen-bond donors (Lipinski definition) is 4. The van der Waals surface area contributed by atoms with Gasteiger partial charge in [-0.2, -0.15) is 0 Å². The summed E-state index contributed by atoms with van der Waals surface area (Å²) in [4.78, 5) is 85.1. The number of anilines is 4. The maximum Gasteiger partial charge on any atom is 0.299 e. The van der Waals surface area contributed by atoms with Crippen molar-refractivity contribution in [3.8, 4) is 40.1 Å². The zero-order valence-corrected chi connectivity index (χ0v) is 42.9. The number of likely N-dealkylation sites (tertiary alicyclic amines) is 2. The first kappa shape index (κ1) is 51.0. The summed E-state index contributed by atoms with van der Waals surface area (Å²) in [5.41, 5.74) is 18.4. The number of fused-ring (bicyclic) bond motifs is 2. The standard InChI is InChI=1S/C57H56N14O6/c1-5-10-46(72)71-32-35(29-42(71)55-66-48(50-52(58)62-24-27-70(50)55)36-14-16-37(17-15-36)56(74)65-45-31-38(34(2)3)20-22-61-45)33-77-28-9-13-47(73)68-25-8-11-41(68)54-67-49(51-53(59)63-23-26-69(51)54)39-18-19-40(43(30-39)76-4)57(75)64-44-12-6-7-21-60-44/h6-7,9,12-24,26-27,30-31,34-35,41-42H,8,11,25,28-29,32-33H2,1-4H3,(H2,58,62)(H2,59,63)(H,60,64,75)(H,61,65,74)/b13-9+/t35?,41-,42-/m0/s1. The van der Waals surface area contributed by atoms with Gasteiger partial charge in [0.25, 0.3) is 17.7 Å². The minimum atomic E-state index is -0.487. The first-order valence-electron chi connectivity index (χ1n) is 25.2. The van der Waals surface area contributed by atoms with E-state index >= 15 is 0 Å². The Morgan fingerprint density at radius 2 is 1.47 bits per heavy atom. The van der Waals surface area contributed by atoms with Crippen LogP contribution >= 0.6 is 0 Å². The number of carbonyl (C=O) groups is 4. The number of imidazole rings is 2. The summed E-state index contributed by atoms with van der Waals surface area (Å²) in [6, 6.07) is 20.4. The predicted octanol–water partition coefficient (Wildman–Crippen LogP) is 7.55. The van der Waals surface area contributed by atoms with Crippen molar-refractivity contribution in [2.24, 2.45) is 5.92 Å². The van der Waals surface area contributed by atoms with Gasteiger partial charge < -0.3 is 41.4 Å². The number of rotatable bonds is 15. The summed E-state index contributed by atoms with van der Waals surface area (Å²) in [5, 5.41) is 5.68. The lowest BCUT2D eigenvalue weighted by Crippen LogP contribution is -2.31. The maximum absolute atomic E-state index is 14.0. The summed E-state index contributed by atoms with van der Waals surface area (Å²) >= 11 is 0. The molecular weight excluding hydrogens is 977 g/mol. The number of amides is 4. The SMILES string of the molecule is CC#CC(=O)N1CC(COC/C=C/C(=O)N2CCC[C@H]2c2nc(-c3ccc(C(=O)Nc4ccccn4)c(OC)c3)c3c(N)nccn23)C[C@H]1c1nc(-c2ccc(C(=O)Nc3cc(C(C)C)ccn3)cc2)c2c(N)nccn12. The smallest absolute Gasteiger partial charge is 0.299 e. The van der Waals surface area contributed by atoms with E-state index in [1.54, 1.807) is 109 Å². The molecule has 6 aromatic heterocycles. The van der Waals surface area contributed by atoms with Crippen LogP contribution in [0.4, 0.5) is 23.3 Å². The zero-order chi connectivity index (χ0) is 53.7. The lowest BCUT2D eigenvalue weighted by molar-refractivity contribution is -0.127.